The summed E-state index contributed by atoms with van der Waals surface area (Å²) in [5, 5.41) is 9.25. The van der Waals surface area contributed by atoms with Gasteiger partial charge < -0.3 is 10.8 Å². The maximum atomic E-state index is 9.25. The molecule has 2 aromatic carbocycles. The molecular formula is C17H20N2OS. The van der Waals surface area contributed by atoms with E-state index in [1.165, 1.54) is 5.56 Å². The van der Waals surface area contributed by atoms with Crippen LogP contribution in [0.2, 0.25) is 0 Å². The average Bonchev–Trinajstić information content (AvgIpc) is 2.49. The molecule has 110 valence electrons. The number of hydrogen-bond acceptors (Lipinski definition) is 3. The molecule has 3 N–H and O–H groups in total. The van der Waals surface area contributed by atoms with Crippen LogP contribution < -0.4 is 5.73 Å². The molecule has 0 bridgehead atoms. The first-order chi connectivity index (χ1) is 10.2. The Balaban J connectivity index is 2.09. The Morgan fingerprint density at radius 1 is 1.00 bits per heavy atom. The third kappa shape index (κ3) is 4.93. The first-order valence-electron chi connectivity index (χ1n) is 6.95. The molecule has 0 aromatic heterocycles. The Morgan fingerprint density at radius 2 is 1.67 bits per heavy atom. The molecule has 0 fully saturated rings. The van der Waals surface area contributed by atoms with Crippen LogP contribution in [-0.4, -0.2) is 28.1 Å². The van der Waals surface area contributed by atoms with Crippen molar-refractivity contribution in [2.45, 2.75) is 13.1 Å². The first-order valence-corrected chi connectivity index (χ1v) is 7.36. The molecule has 0 unspecified atom stereocenters. The normalized spacial score (nSPS) is 10.8. The molecule has 4 heteroatoms. The summed E-state index contributed by atoms with van der Waals surface area (Å²) in [6.07, 6.45) is 0. The molecule has 2 aromatic rings. The van der Waals surface area contributed by atoms with E-state index in [0.29, 0.717) is 11.5 Å². The van der Waals surface area contributed by atoms with Crippen molar-refractivity contribution in [1.82, 2.24) is 4.90 Å². The standard InChI is InChI=1S/C17H20N2OS/c18-17(21)16-8-4-7-15(11-16)13-19(9-10-20)12-14-5-2-1-3-6-14/h1-8,11,20H,9-10,12-13H2,(H2,18,21). The van der Waals surface area contributed by atoms with Gasteiger partial charge in [-0.1, -0.05) is 60.7 Å². The van der Waals surface area contributed by atoms with Crippen LogP contribution in [0.15, 0.2) is 54.6 Å². The van der Waals surface area contributed by atoms with Crippen LogP contribution in [0.25, 0.3) is 0 Å². The Bertz CT molecular complexity index is 586. The summed E-state index contributed by atoms with van der Waals surface area (Å²) in [4.78, 5) is 2.61. The van der Waals surface area contributed by atoms with Gasteiger partial charge in [0.1, 0.15) is 4.99 Å². The quantitative estimate of drug-likeness (QED) is 0.771. The van der Waals surface area contributed by atoms with Crippen LogP contribution in [0.4, 0.5) is 0 Å². The van der Waals surface area contributed by atoms with Crippen LogP contribution in [0.5, 0.6) is 0 Å². The van der Waals surface area contributed by atoms with Gasteiger partial charge in [-0.25, -0.2) is 0 Å². The highest BCUT2D eigenvalue weighted by Gasteiger charge is 2.07. The zero-order valence-corrected chi connectivity index (χ0v) is 12.7. The largest absolute Gasteiger partial charge is 0.395 e. The van der Waals surface area contributed by atoms with E-state index < -0.39 is 0 Å². The molecule has 0 radical (unpaired) electrons. The van der Waals surface area contributed by atoms with Gasteiger partial charge in [-0.15, -0.1) is 0 Å². The third-order valence-corrected chi connectivity index (χ3v) is 3.52. The lowest BCUT2D eigenvalue weighted by molar-refractivity contribution is 0.184. The van der Waals surface area contributed by atoms with E-state index in [2.05, 4.69) is 23.1 Å². The molecule has 0 heterocycles. The number of nitrogens with two attached hydrogens (primary N) is 1. The molecule has 0 aliphatic rings. The lowest BCUT2D eigenvalue weighted by Crippen LogP contribution is -2.26. The molecule has 2 rings (SSSR count). The summed E-state index contributed by atoms with van der Waals surface area (Å²) in [5.74, 6) is 0. The van der Waals surface area contributed by atoms with E-state index >= 15 is 0 Å². The molecule has 3 nitrogen and oxygen atoms in total. The molecule has 0 saturated carbocycles. The van der Waals surface area contributed by atoms with Crippen molar-refractivity contribution in [3.05, 3.63) is 71.3 Å². The second-order valence-corrected chi connectivity index (χ2v) is 5.42. The Hall–Kier alpha value is -1.75. The number of nitrogens with zero attached hydrogens (tertiary/aromatic N) is 1. The minimum atomic E-state index is 0.141. The van der Waals surface area contributed by atoms with Crippen LogP contribution in [-0.2, 0) is 13.1 Å². The highest BCUT2D eigenvalue weighted by Crippen LogP contribution is 2.11. The maximum Gasteiger partial charge on any atom is 0.103 e. The van der Waals surface area contributed by atoms with Gasteiger partial charge in [0, 0.05) is 25.2 Å². The van der Waals surface area contributed by atoms with Crippen molar-refractivity contribution >= 4 is 17.2 Å². The van der Waals surface area contributed by atoms with E-state index in [4.69, 9.17) is 18.0 Å². The van der Waals surface area contributed by atoms with Gasteiger partial charge in [-0.3, -0.25) is 4.90 Å². The highest BCUT2D eigenvalue weighted by molar-refractivity contribution is 7.80. The molecule has 0 aliphatic heterocycles. The van der Waals surface area contributed by atoms with Gasteiger partial charge in [0.15, 0.2) is 0 Å². The van der Waals surface area contributed by atoms with Gasteiger partial charge in [0.2, 0.25) is 0 Å². The third-order valence-electron chi connectivity index (χ3n) is 3.28. The van der Waals surface area contributed by atoms with Crippen molar-refractivity contribution in [3.8, 4) is 0 Å². The molecule has 0 spiro atoms. The first kappa shape index (κ1) is 15.6. The topological polar surface area (TPSA) is 49.5 Å². The number of aliphatic hydroxyl groups is 1. The Kier molecular flexibility index (Phi) is 5.87. The van der Waals surface area contributed by atoms with Crippen molar-refractivity contribution < 1.29 is 5.11 Å². The monoisotopic (exact) mass is 300 g/mol. The van der Waals surface area contributed by atoms with Gasteiger partial charge in [0.05, 0.1) is 6.61 Å². The number of hydrogen-bond donors (Lipinski definition) is 2. The number of benzene rings is 2. The smallest absolute Gasteiger partial charge is 0.103 e. The molecule has 21 heavy (non-hydrogen) atoms. The number of thiocarbonyl (C=S) groups is 1. The average molecular weight is 300 g/mol. The Labute approximate surface area is 131 Å². The predicted octanol–water partition coefficient (Wildman–Crippen LogP) is 2.32. The van der Waals surface area contributed by atoms with E-state index in [1.807, 2.05) is 36.4 Å². The zero-order chi connectivity index (χ0) is 15.1. The number of aliphatic hydroxyl groups excluding tert-OH is 1. The van der Waals surface area contributed by atoms with E-state index in [1.54, 1.807) is 0 Å². The molecule has 0 saturated heterocycles. The van der Waals surface area contributed by atoms with Crippen LogP contribution in [0.1, 0.15) is 16.7 Å². The lowest BCUT2D eigenvalue weighted by atomic mass is 10.1. The lowest BCUT2D eigenvalue weighted by Gasteiger charge is -2.21. The minimum absolute atomic E-state index is 0.141. The maximum absolute atomic E-state index is 9.25. The SMILES string of the molecule is NC(=S)c1cccc(CN(CCO)Cc2ccccc2)c1. The summed E-state index contributed by atoms with van der Waals surface area (Å²) >= 11 is 5.02. The van der Waals surface area contributed by atoms with Crippen molar-refractivity contribution in [2.75, 3.05) is 13.2 Å². The van der Waals surface area contributed by atoms with Gasteiger partial charge in [-0.05, 0) is 17.2 Å². The zero-order valence-electron chi connectivity index (χ0n) is 11.9. The van der Waals surface area contributed by atoms with Crippen LogP contribution in [0, 0.1) is 0 Å². The van der Waals surface area contributed by atoms with E-state index in [0.717, 1.165) is 24.2 Å². The molecule has 0 amide bonds. The van der Waals surface area contributed by atoms with Gasteiger partial charge >= 0.3 is 0 Å². The fourth-order valence-corrected chi connectivity index (χ4v) is 2.41. The second kappa shape index (κ2) is 7.88. The predicted molar refractivity (Wildman–Crippen MR) is 90.0 cm³/mol. The van der Waals surface area contributed by atoms with Crippen LogP contribution >= 0.6 is 12.2 Å². The molecule has 0 atom stereocenters. The van der Waals surface area contributed by atoms with E-state index in [-0.39, 0.29) is 6.61 Å². The van der Waals surface area contributed by atoms with Crippen molar-refractivity contribution in [3.63, 3.8) is 0 Å². The van der Waals surface area contributed by atoms with Crippen molar-refractivity contribution in [1.29, 1.82) is 0 Å². The summed E-state index contributed by atoms with van der Waals surface area (Å²) in [5.41, 5.74) is 8.93. The molecular weight excluding hydrogens is 280 g/mol. The Morgan fingerprint density at radius 3 is 2.33 bits per heavy atom. The fraction of sp³-hybridized carbons (Fsp3) is 0.235. The number of rotatable bonds is 7. The minimum Gasteiger partial charge on any atom is -0.395 e. The highest BCUT2D eigenvalue weighted by atomic mass is 32.1. The van der Waals surface area contributed by atoms with Crippen molar-refractivity contribution in [2.24, 2.45) is 5.73 Å². The fourth-order valence-electron chi connectivity index (χ4n) is 2.28. The van der Waals surface area contributed by atoms with Crippen LogP contribution in [0.3, 0.4) is 0 Å². The summed E-state index contributed by atoms with van der Waals surface area (Å²) in [6.45, 7) is 2.33. The van der Waals surface area contributed by atoms with Gasteiger partial charge in [0.25, 0.3) is 0 Å². The summed E-state index contributed by atoms with van der Waals surface area (Å²) in [6, 6.07) is 18.2. The second-order valence-electron chi connectivity index (χ2n) is 4.98. The van der Waals surface area contributed by atoms with E-state index in [9.17, 15) is 5.11 Å². The summed E-state index contributed by atoms with van der Waals surface area (Å²) < 4.78 is 0. The summed E-state index contributed by atoms with van der Waals surface area (Å²) in [7, 11) is 0. The molecule has 0 aliphatic carbocycles. The van der Waals surface area contributed by atoms with Gasteiger partial charge in [-0.2, -0.15) is 0 Å².